The van der Waals surface area contributed by atoms with E-state index in [4.69, 9.17) is 0 Å². The van der Waals surface area contributed by atoms with Gasteiger partial charge in [0.1, 0.15) is 0 Å². The highest BCUT2D eigenvalue weighted by Gasteiger charge is 2.29. The molecule has 0 bridgehead atoms. The maximum Gasteiger partial charge on any atom is 0.260 e. The number of nitrogens with zero attached hydrogens (tertiary/aromatic N) is 1. The molecule has 0 spiro atoms. The van der Waals surface area contributed by atoms with Crippen LogP contribution in [0, 0.1) is 12.8 Å². The Morgan fingerprint density at radius 1 is 1.33 bits per heavy atom. The van der Waals surface area contributed by atoms with Crippen LogP contribution < -0.4 is 10.0 Å². The standard InChI is InChI=1S/C14H26N4O2S/c1-9(2)15-8-13-11(4)16-17-14(13)21(19,20)18-10(3)7-12-5-6-12/h9-10,12,15,18H,5-8H2,1-4H3,(H,16,17). The first kappa shape index (κ1) is 16.5. The molecule has 3 N–H and O–H groups in total. The van der Waals surface area contributed by atoms with Crippen LogP contribution in [-0.4, -0.2) is 30.7 Å². The number of aromatic amines is 1. The van der Waals surface area contributed by atoms with Gasteiger partial charge in [-0.1, -0.05) is 26.7 Å². The Morgan fingerprint density at radius 3 is 2.57 bits per heavy atom. The molecule has 21 heavy (non-hydrogen) atoms. The molecule has 1 heterocycles. The Labute approximate surface area is 127 Å². The maximum atomic E-state index is 12.5. The first-order valence-corrected chi connectivity index (χ1v) is 9.07. The van der Waals surface area contributed by atoms with Gasteiger partial charge in [0.05, 0.1) is 0 Å². The molecule has 2 rings (SSSR count). The third-order valence-corrected chi connectivity index (χ3v) is 5.28. The summed E-state index contributed by atoms with van der Waals surface area (Å²) in [5, 5.41) is 10.1. The highest BCUT2D eigenvalue weighted by atomic mass is 32.2. The van der Waals surface area contributed by atoms with Crippen molar-refractivity contribution in [3.05, 3.63) is 11.3 Å². The van der Waals surface area contributed by atoms with E-state index in [-0.39, 0.29) is 17.1 Å². The first-order chi connectivity index (χ1) is 9.79. The summed E-state index contributed by atoms with van der Waals surface area (Å²) in [5.41, 5.74) is 1.51. The average molecular weight is 314 g/mol. The summed E-state index contributed by atoms with van der Waals surface area (Å²) in [5.74, 6) is 0.686. The normalized spacial score (nSPS) is 17.4. The third kappa shape index (κ3) is 4.52. The molecule has 0 aliphatic heterocycles. The Balaban J connectivity index is 2.11. The fourth-order valence-corrected chi connectivity index (χ4v) is 3.84. The van der Waals surface area contributed by atoms with Gasteiger partial charge in [0, 0.05) is 29.9 Å². The largest absolute Gasteiger partial charge is 0.310 e. The van der Waals surface area contributed by atoms with Crippen molar-refractivity contribution in [1.29, 1.82) is 0 Å². The van der Waals surface area contributed by atoms with E-state index in [1.54, 1.807) is 0 Å². The van der Waals surface area contributed by atoms with Gasteiger partial charge in [-0.3, -0.25) is 5.10 Å². The van der Waals surface area contributed by atoms with E-state index < -0.39 is 10.0 Å². The van der Waals surface area contributed by atoms with Crippen molar-refractivity contribution in [1.82, 2.24) is 20.2 Å². The number of aromatic nitrogens is 2. The zero-order valence-electron chi connectivity index (χ0n) is 13.2. The quantitative estimate of drug-likeness (QED) is 0.681. The van der Waals surface area contributed by atoms with Gasteiger partial charge in [0.15, 0.2) is 5.03 Å². The van der Waals surface area contributed by atoms with Gasteiger partial charge in [0.2, 0.25) is 0 Å². The second kappa shape index (κ2) is 6.46. The predicted molar refractivity (Wildman–Crippen MR) is 82.4 cm³/mol. The molecule has 0 aromatic carbocycles. The second-order valence-corrected chi connectivity index (χ2v) is 8.00. The topological polar surface area (TPSA) is 86.9 Å². The molecule has 0 amide bonds. The monoisotopic (exact) mass is 314 g/mol. The highest BCUT2D eigenvalue weighted by Crippen LogP contribution is 2.33. The molecule has 7 heteroatoms. The summed E-state index contributed by atoms with van der Waals surface area (Å²) in [7, 11) is -3.57. The van der Waals surface area contributed by atoms with E-state index in [0.717, 1.165) is 17.7 Å². The van der Waals surface area contributed by atoms with E-state index in [1.807, 2.05) is 27.7 Å². The number of nitrogens with one attached hydrogen (secondary N) is 3. The maximum absolute atomic E-state index is 12.5. The number of rotatable bonds is 8. The van der Waals surface area contributed by atoms with Crippen LogP contribution in [0.4, 0.5) is 0 Å². The van der Waals surface area contributed by atoms with Gasteiger partial charge in [0.25, 0.3) is 10.0 Å². The van der Waals surface area contributed by atoms with Gasteiger partial charge in [-0.15, -0.1) is 0 Å². The molecular weight excluding hydrogens is 288 g/mol. The molecule has 1 unspecified atom stereocenters. The fourth-order valence-electron chi connectivity index (χ4n) is 2.39. The highest BCUT2D eigenvalue weighted by molar-refractivity contribution is 7.89. The Kier molecular flexibility index (Phi) is 5.06. The van der Waals surface area contributed by atoms with Crippen molar-refractivity contribution in [3.8, 4) is 0 Å². The number of H-pyrrole nitrogens is 1. The van der Waals surface area contributed by atoms with Crippen LogP contribution in [0.25, 0.3) is 0 Å². The average Bonchev–Trinajstić information content (AvgIpc) is 3.07. The first-order valence-electron chi connectivity index (χ1n) is 7.59. The van der Waals surface area contributed by atoms with Crippen LogP contribution in [-0.2, 0) is 16.6 Å². The van der Waals surface area contributed by atoms with Crippen LogP contribution in [0.5, 0.6) is 0 Å². The summed E-state index contributed by atoms with van der Waals surface area (Å²) in [6.07, 6.45) is 3.34. The van der Waals surface area contributed by atoms with E-state index in [2.05, 4.69) is 20.2 Å². The minimum atomic E-state index is -3.57. The molecule has 0 saturated heterocycles. The molecule has 6 nitrogen and oxygen atoms in total. The number of sulfonamides is 1. The summed E-state index contributed by atoms with van der Waals surface area (Å²) in [6.45, 7) is 8.31. The lowest BCUT2D eigenvalue weighted by atomic mass is 10.2. The predicted octanol–water partition coefficient (Wildman–Crippen LogP) is 1.68. The lowest BCUT2D eigenvalue weighted by molar-refractivity contribution is 0.524. The van der Waals surface area contributed by atoms with Crippen molar-refractivity contribution in [2.45, 2.75) is 70.6 Å². The molecule has 1 aromatic heterocycles. The summed E-state index contributed by atoms with van der Waals surface area (Å²) in [6, 6.07) is 0.238. The summed E-state index contributed by atoms with van der Waals surface area (Å²) in [4.78, 5) is 0. The molecule has 1 atom stereocenters. The number of hydrogen-bond donors (Lipinski definition) is 3. The molecular formula is C14H26N4O2S. The zero-order valence-corrected chi connectivity index (χ0v) is 14.0. The number of aryl methyl sites for hydroxylation is 1. The minimum absolute atomic E-state index is 0.0505. The van der Waals surface area contributed by atoms with Crippen LogP contribution in [0.3, 0.4) is 0 Å². The lowest BCUT2D eigenvalue weighted by Gasteiger charge is -2.14. The van der Waals surface area contributed by atoms with Gasteiger partial charge >= 0.3 is 0 Å². The number of hydrogen-bond acceptors (Lipinski definition) is 4. The summed E-state index contributed by atoms with van der Waals surface area (Å²) >= 11 is 0. The van der Waals surface area contributed by atoms with Crippen LogP contribution >= 0.6 is 0 Å². The summed E-state index contributed by atoms with van der Waals surface area (Å²) < 4.78 is 27.8. The van der Waals surface area contributed by atoms with Gasteiger partial charge in [-0.2, -0.15) is 5.10 Å². The van der Waals surface area contributed by atoms with Crippen molar-refractivity contribution in [3.63, 3.8) is 0 Å². The van der Waals surface area contributed by atoms with Crippen LogP contribution in [0.2, 0.25) is 0 Å². The van der Waals surface area contributed by atoms with Crippen molar-refractivity contribution < 1.29 is 8.42 Å². The molecule has 1 aliphatic carbocycles. The molecule has 1 saturated carbocycles. The molecule has 0 radical (unpaired) electrons. The minimum Gasteiger partial charge on any atom is -0.310 e. The molecule has 120 valence electrons. The van der Waals surface area contributed by atoms with Crippen LogP contribution in [0.15, 0.2) is 5.03 Å². The van der Waals surface area contributed by atoms with Crippen LogP contribution in [0.1, 0.15) is 51.3 Å². The molecule has 1 fully saturated rings. The van der Waals surface area contributed by atoms with Gasteiger partial charge in [-0.25, -0.2) is 13.1 Å². The fraction of sp³-hybridized carbons (Fsp3) is 0.786. The third-order valence-electron chi connectivity index (χ3n) is 3.72. The van der Waals surface area contributed by atoms with Crippen molar-refractivity contribution in [2.24, 2.45) is 5.92 Å². The van der Waals surface area contributed by atoms with Crippen molar-refractivity contribution in [2.75, 3.05) is 0 Å². The van der Waals surface area contributed by atoms with E-state index in [0.29, 0.717) is 12.5 Å². The van der Waals surface area contributed by atoms with Gasteiger partial charge < -0.3 is 5.32 Å². The zero-order chi connectivity index (χ0) is 15.6. The Bertz CT molecular complexity index is 576. The second-order valence-electron chi connectivity index (χ2n) is 6.37. The Morgan fingerprint density at radius 2 is 2.00 bits per heavy atom. The van der Waals surface area contributed by atoms with E-state index in [1.165, 1.54) is 12.8 Å². The SMILES string of the molecule is Cc1[nH]nc(S(=O)(=O)NC(C)CC2CC2)c1CNC(C)C. The molecule has 1 aliphatic rings. The lowest BCUT2D eigenvalue weighted by Crippen LogP contribution is -2.34. The van der Waals surface area contributed by atoms with Crippen molar-refractivity contribution >= 4 is 10.0 Å². The Hall–Kier alpha value is -0.920. The van der Waals surface area contributed by atoms with E-state index >= 15 is 0 Å². The smallest absolute Gasteiger partial charge is 0.260 e. The molecule has 1 aromatic rings. The van der Waals surface area contributed by atoms with E-state index in [9.17, 15) is 8.42 Å². The van der Waals surface area contributed by atoms with Gasteiger partial charge in [-0.05, 0) is 26.2 Å².